The van der Waals surface area contributed by atoms with Crippen LogP contribution in [0.2, 0.25) is 0 Å². The average molecular weight is 232 g/mol. The summed E-state index contributed by atoms with van der Waals surface area (Å²) in [5.41, 5.74) is -0.235. The van der Waals surface area contributed by atoms with Crippen molar-refractivity contribution in [1.29, 1.82) is 0 Å². The van der Waals surface area contributed by atoms with Gasteiger partial charge in [0.2, 0.25) is 11.1 Å². The Morgan fingerprint density at radius 3 is 2.71 bits per heavy atom. The van der Waals surface area contributed by atoms with Crippen molar-refractivity contribution in [3.63, 3.8) is 0 Å². The van der Waals surface area contributed by atoms with Crippen molar-refractivity contribution in [2.45, 2.75) is 0 Å². The Hall–Kier alpha value is -2.57. The maximum atomic E-state index is 11.4. The van der Waals surface area contributed by atoms with Crippen LogP contribution in [0, 0.1) is 0 Å². The summed E-state index contributed by atoms with van der Waals surface area (Å²) < 4.78 is 5.79. The van der Waals surface area contributed by atoms with Crippen LogP contribution < -0.4 is 5.43 Å². The van der Waals surface area contributed by atoms with E-state index in [1.54, 1.807) is 0 Å². The second-order valence-electron chi connectivity index (χ2n) is 3.06. The van der Waals surface area contributed by atoms with Crippen molar-refractivity contribution < 1.29 is 9.53 Å². The smallest absolute Gasteiger partial charge is 0.362 e. The van der Waals surface area contributed by atoms with E-state index in [1.165, 1.54) is 42.8 Å². The van der Waals surface area contributed by atoms with Gasteiger partial charge in [-0.25, -0.2) is 19.4 Å². The molecule has 0 saturated carbocycles. The summed E-state index contributed by atoms with van der Waals surface area (Å²) in [6.07, 6.45) is 5.80. The Morgan fingerprint density at radius 2 is 2.06 bits per heavy atom. The monoisotopic (exact) mass is 232 g/mol. The van der Waals surface area contributed by atoms with Gasteiger partial charge in [-0.3, -0.25) is 4.79 Å². The van der Waals surface area contributed by atoms with E-state index in [4.69, 9.17) is 0 Å². The predicted octanol–water partition coefficient (Wildman–Crippen LogP) is -0.191. The summed E-state index contributed by atoms with van der Waals surface area (Å²) in [6, 6.07) is 1.23. The lowest BCUT2D eigenvalue weighted by Crippen LogP contribution is -2.21. The van der Waals surface area contributed by atoms with Crippen LogP contribution in [0.4, 0.5) is 0 Å². The van der Waals surface area contributed by atoms with Gasteiger partial charge in [-0.15, -0.1) is 0 Å². The highest BCUT2D eigenvalue weighted by Gasteiger charge is 2.13. The molecule has 7 nitrogen and oxygen atoms in total. The molecule has 0 saturated heterocycles. The Kier molecular flexibility index (Phi) is 2.91. The first-order chi connectivity index (χ1) is 8.22. The van der Waals surface area contributed by atoms with Gasteiger partial charge in [0, 0.05) is 12.3 Å². The number of methoxy groups -OCH3 is 1. The van der Waals surface area contributed by atoms with E-state index in [1.807, 2.05) is 0 Å². The highest BCUT2D eigenvalue weighted by atomic mass is 16.5. The minimum absolute atomic E-state index is 0.279. The molecule has 0 spiro atoms. The summed E-state index contributed by atoms with van der Waals surface area (Å²) in [6.45, 7) is 0. The van der Waals surface area contributed by atoms with E-state index in [0.717, 1.165) is 0 Å². The van der Waals surface area contributed by atoms with Crippen molar-refractivity contribution in [3.8, 4) is 5.69 Å². The van der Waals surface area contributed by atoms with E-state index in [9.17, 15) is 9.59 Å². The summed E-state index contributed by atoms with van der Waals surface area (Å²) >= 11 is 0. The summed E-state index contributed by atoms with van der Waals surface area (Å²) in [7, 11) is 1.19. The number of nitrogens with zero attached hydrogens (tertiary/aromatic N) is 4. The van der Waals surface area contributed by atoms with E-state index in [2.05, 4.69) is 19.8 Å². The van der Waals surface area contributed by atoms with Crippen LogP contribution in [0.1, 0.15) is 10.5 Å². The SMILES string of the molecule is COC(=O)c1nn(-c2cncnc2)ccc1=O. The first kappa shape index (κ1) is 10.9. The molecule has 0 unspecified atom stereocenters. The number of esters is 1. The Bertz CT molecular complexity index is 594. The van der Waals surface area contributed by atoms with Gasteiger partial charge in [0.1, 0.15) is 12.0 Å². The van der Waals surface area contributed by atoms with Gasteiger partial charge in [-0.1, -0.05) is 0 Å². The van der Waals surface area contributed by atoms with Crippen molar-refractivity contribution in [2.75, 3.05) is 7.11 Å². The third-order valence-corrected chi connectivity index (χ3v) is 2.00. The van der Waals surface area contributed by atoms with E-state index in [-0.39, 0.29) is 5.69 Å². The largest absolute Gasteiger partial charge is 0.464 e. The fraction of sp³-hybridized carbons (Fsp3) is 0.100. The second kappa shape index (κ2) is 4.52. The van der Waals surface area contributed by atoms with Gasteiger partial charge >= 0.3 is 5.97 Å². The van der Waals surface area contributed by atoms with Crippen molar-refractivity contribution in [1.82, 2.24) is 19.7 Å². The molecular formula is C10H8N4O3. The number of aromatic nitrogens is 4. The predicted molar refractivity (Wildman–Crippen MR) is 56.8 cm³/mol. The Balaban J connectivity index is 2.52. The van der Waals surface area contributed by atoms with Crippen molar-refractivity contribution in [2.24, 2.45) is 0 Å². The molecule has 0 fully saturated rings. The van der Waals surface area contributed by atoms with E-state index in [0.29, 0.717) is 5.69 Å². The average Bonchev–Trinajstić information content (AvgIpc) is 2.39. The molecule has 0 N–H and O–H groups in total. The van der Waals surface area contributed by atoms with Crippen molar-refractivity contribution >= 4 is 5.97 Å². The summed E-state index contributed by atoms with van der Waals surface area (Å²) in [4.78, 5) is 30.3. The number of carbonyl (C=O) groups is 1. The number of carbonyl (C=O) groups excluding carboxylic acids is 1. The fourth-order valence-corrected chi connectivity index (χ4v) is 1.20. The molecule has 7 heteroatoms. The van der Waals surface area contributed by atoms with Crippen LogP contribution in [0.15, 0.2) is 35.8 Å². The molecule has 0 aromatic carbocycles. The molecule has 0 aliphatic carbocycles. The zero-order chi connectivity index (χ0) is 12.3. The normalized spacial score (nSPS) is 9.94. The van der Waals surface area contributed by atoms with Gasteiger partial charge < -0.3 is 4.74 Å². The Morgan fingerprint density at radius 1 is 1.35 bits per heavy atom. The molecule has 0 bridgehead atoms. The van der Waals surface area contributed by atoms with Gasteiger partial charge in [-0.05, 0) is 0 Å². The summed E-state index contributed by atoms with van der Waals surface area (Å²) in [5.74, 6) is -0.777. The lowest BCUT2D eigenvalue weighted by molar-refractivity contribution is 0.0590. The van der Waals surface area contributed by atoms with Crippen LogP contribution in [0.3, 0.4) is 0 Å². The van der Waals surface area contributed by atoms with Gasteiger partial charge in [0.25, 0.3) is 0 Å². The molecule has 17 heavy (non-hydrogen) atoms. The lowest BCUT2D eigenvalue weighted by Gasteiger charge is -2.04. The quantitative estimate of drug-likeness (QED) is 0.667. The topological polar surface area (TPSA) is 87.0 Å². The molecule has 0 aliphatic rings. The van der Waals surface area contributed by atoms with E-state index >= 15 is 0 Å². The number of hydrogen-bond acceptors (Lipinski definition) is 6. The molecule has 0 amide bonds. The third-order valence-electron chi connectivity index (χ3n) is 2.00. The molecule has 0 radical (unpaired) electrons. The van der Waals surface area contributed by atoms with Crippen LogP contribution >= 0.6 is 0 Å². The van der Waals surface area contributed by atoms with Gasteiger partial charge in [0.15, 0.2) is 0 Å². The number of hydrogen-bond donors (Lipinski definition) is 0. The molecule has 2 heterocycles. The zero-order valence-electron chi connectivity index (χ0n) is 8.90. The lowest BCUT2D eigenvalue weighted by atomic mass is 10.4. The van der Waals surface area contributed by atoms with E-state index < -0.39 is 11.4 Å². The molecule has 0 aliphatic heterocycles. The van der Waals surface area contributed by atoms with Crippen LogP contribution in [0.5, 0.6) is 0 Å². The zero-order valence-corrected chi connectivity index (χ0v) is 8.90. The highest BCUT2D eigenvalue weighted by molar-refractivity contribution is 5.86. The second-order valence-corrected chi connectivity index (χ2v) is 3.06. The van der Waals surface area contributed by atoms with Gasteiger partial charge in [-0.2, -0.15) is 5.10 Å². The molecule has 86 valence electrons. The standard InChI is InChI=1S/C10H8N4O3/c1-17-10(16)9-8(15)2-3-14(13-9)7-4-11-6-12-5-7/h2-6H,1H3. The number of ether oxygens (including phenoxy) is 1. The number of rotatable bonds is 2. The van der Waals surface area contributed by atoms with Crippen LogP contribution in [-0.2, 0) is 4.74 Å². The van der Waals surface area contributed by atoms with Crippen LogP contribution in [0.25, 0.3) is 5.69 Å². The highest BCUT2D eigenvalue weighted by Crippen LogP contribution is 2.00. The minimum Gasteiger partial charge on any atom is -0.464 e. The fourth-order valence-electron chi connectivity index (χ4n) is 1.20. The molecule has 2 aromatic heterocycles. The molecule has 2 aromatic rings. The Labute approximate surface area is 95.7 Å². The maximum Gasteiger partial charge on any atom is 0.362 e. The van der Waals surface area contributed by atoms with Crippen molar-refractivity contribution in [3.05, 3.63) is 46.9 Å². The maximum absolute atomic E-state index is 11.4. The first-order valence-corrected chi connectivity index (χ1v) is 4.66. The first-order valence-electron chi connectivity index (χ1n) is 4.66. The van der Waals surface area contributed by atoms with Gasteiger partial charge in [0.05, 0.1) is 19.5 Å². The minimum atomic E-state index is -0.777. The van der Waals surface area contributed by atoms with Crippen LogP contribution in [-0.4, -0.2) is 32.8 Å². The molecule has 0 atom stereocenters. The molecular weight excluding hydrogens is 224 g/mol. The molecule has 2 rings (SSSR count). The summed E-state index contributed by atoms with van der Waals surface area (Å²) in [5, 5.41) is 3.86. The third kappa shape index (κ3) is 2.17.